The molecule has 0 aliphatic heterocycles. The summed E-state index contributed by atoms with van der Waals surface area (Å²) in [6.07, 6.45) is 1.03. The maximum atomic E-state index is 6.04. The topological polar surface area (TPSA) is 37.8 Å². The number of anilines is 1. The van der Waals surface area contributed by atoms with Crippen molar-refractivity contribution < 1.29 is 0 Å². The highest BCUT2D eigenvalue weighted by Gasteiger charge is 2.07. The third-order valence-electron chi connectivity index (χ3n) is 3.19. The Kier molecular flexibility index (Phi) is 4.96. The van der Waals surface area contributed by atoms with Gasteiger partial charge < -0.3 is 5.32 Å². The SMILES string of the molecule is CCc1ccccc1CNc1cc(Cl)nc(C(C)C)n1. The van der Waals surface area contributed by atoms with E-state index < -0.39 is 0 Å². The second kappa shape index (κ2) is 6.71. The van der Waals surface area contributed by atoms with Crippen molar-refractivity contribution in [3.63, 3.8) is 0 Å². The summed E-state index contributed by atoms with van der Waals surface area (Å²) in [5.74, 6) is 1.81. The highest BCUT2D eigenvalue weighted by Crippen LogP contribution is 2.18. The number of aryl methyl sites for hydroxylation is 1. The molecule has 4 heteroatoms. The summed E-state index contributed by atoms with van der Waals surface area (Å²) in [5, 5.41) is 3.82. The van der Waals surface area contributed by atoms with Crippen LogP contribution in [0.15, 0.2) is 30.3 Å². The number of hydrogen-bond donors (Lipinski definition) is 1. The van der Waals surface area contributed by atoms with E-state index in [9.17, 15) is 0 Å². The number of benzene rings is 1. The molecule has 0 radical (unpaired) electrons. The van der Waals surface area contributed by atoms with Crippen LogP contribution in [0, 0.1) is 0 Å². The molecule has 1 N–H and O–H groups in total. The quantitative estimate of drug-likeness (QED) is 0.828. The van der Waals surface area contributed by atoms with E-state index in [1.54, 1.807) is 6.07 Å². The van der Waals surface area contributed by atoms with Crippen LogP contribution < -0.4 is 5.32 Å². The molecule has 106 valence electrons. The first kappa shape index (κ1) is 14.8. The predicted molar refractivity (Wildman–Crippen MR) is 84.3 cm³/mol. The Balaban J connectivity index is 2.14. The van der Waals surface area contributed by atoms with Gasteiger partial charge in [0.1, 0.15) is 16.8 Å². The summed E-state index contributed by atoms with van der Waals surface area (Å²) in [6.45, 7) is 7.02. The fraction of sp³-hybridized carbons (Fsp3) is 0.375. The lowest BCUT2D eigenvalue weighted by Crippen LogP contribution is -2.07. The van der Waals surface area contributed by atoms with Gasteiger partial charge in [-0.3, -0.25) is 0 Å². The Labute approximate surface area is 125 Å². The Morgan fingerprint density at radius 3 is 2.50 bits per heavy atom. The molecule has 1 aromatic carbocycles. The lowest BCUT2D eigenvalue weighted by molar-refractivity contribution is 0.774. The molecule has 0 aliphatic carbocycles. The first-order valence-electron chi connectivity index (χ1n) is 6.95. The molecule has 0 unspecified atom stereocenters. The number of nitrogens with one attached hydrogen (secondary N) is 1. The summed E-state index contributed by atoms with van der Waals surface area (Å²) in [7, 11) is 0. The molecule has 1 heterocycles. The van der Waals surface area contributed by atoms with Crippen molar-refractivity contribution in [2.45, 2.75) is 39.7 Å². The Morgan fingerprint density at radius 2 is 1.85 bits per heavy atom. The number of rotatable bonds is 5. The fourth-order valence-electron chi connectivity index (χ4n) is 2.04. The van der Waals surface area contributed by atoms with Gasteiger partial charge in [0.15, 0.2) is 0 Å². The standard InChI is InChI=1S/C16H20ClN3/c1-4-12-7-5-6-8-13(12)10-18-15-9-14(17)19-16(20-15)11(2)3/h5-9,11H,4,10H2,1-3H3,(H,18,19,20). The van der Waals surface area contributed by atoms with E-state index in [0.29, 0.717) is 5.15 Å². The molecule has 0 saturated carbocycles. The summed E-state index contributed by atoms with van der Waals surface area (Å²) < 4.78 is 0. The smallest absolute Gasteiger partial charge is 0.135 e. The number of halogens is 1. The van der Waals surface area contributed by atoms with Crippen LogP contribution in [0.1, 0.15) is 43.6 Å². The van der Waals surface area contributed by atoms with Gasteiger partial charge in [-0.15, -0.1) is 0 Å². The molecule has 0 bridgehead atoms. The molecule has 0 amide bonds. The van der Waals surface area contributed by atoms with Crippen LogP contribution in [0.5, 0.6) is 0 Å². The number of nitrogens with zero attached hydrogens (tertiary/aromatic N) is 2. The normalized spacial score (nSPS) is 10.8. The van der Waals surface area contributed by atoms with Crippen LogP contribution >= 0.6 is 11.6 Å². The van der Waals surface area contributed by atoms with Crippen LogP contribution in [0.2, 0.25) is 5.15 Å². The highest BCUT2D eigenvalue weighted by atomic mass is 35.5. The molecule has 0 spiro atoms. The van der Waals surface area contributed by atoms with Crippen molar-refractivity contribution >= 4 is 17.4 Å². The summed E-state index contributed by atoms with van der Waals surface area (Å²) in [5.41, 5.74) is 2.64. The first-order valence-corrected chi connectivity index (χ1v) is 7.33. The van der Waals surface area contributed by atoms with E-state index in [2.05, 4.69) is 60.3 Å². The summed E-state index contributed by atoms with van der Waals surface area (Å²) in [6, 6.07) is 10.2. The second-order valence-corrected chi connectivity index (χ2v) is 5.45. The van der Waals surface area contributed by atoms with E-state index in [1.165, 1.54) is 11.1 Å². The lowest BCUT2D eigenvalue weighted by atomic mass is 10.1. The zero-order chi connectivity index (χ0) is 14.5. The van der Waals surface area contributed by atoms with Crippen molar-refractivity contribution in [3.8, 4) is 0 Å². The minimum atomic E-state index is 0.261. The minimum absolute atomic E-state index is 0.261. The zero-order valence-corrected chi connectivity index (χ0v) is 12.9. The first-order chi connectivity index (χ1) is 9.60. The van der Waals surface area contributed by atoms with E-state index in [4.69, 9.17) is 11.6 Å². The van der Waals surface area contributed by atoms with Crippen molar-refractivity contribution in [1.29, 1.82) is 0 Å². The average Bonchev–Trinajstić information content (AvgIpc) is 2.44. The van der Waals surface area contributed by atoms with Gasteiger partial charge in [0, 0.05) is 18.5 Å². The van der Waals surface area contributed by atoms with Crippen LogP contribution in [-0.2, 0) is 13.0 Å². The Morgan fingerprint density at radius 1 is 1.15 bits per heavy atom. The van der Waals surface area contributed by atoms with Crippen LogP contribution in [0.25, 0.3) is 0 Å². The minimum Gasteiger partial charge on any atom is -0.366 e. The fourth-order valence-corrected chi connectivity index (χ4v) is 2.23. The van der Waals surface area contributed by atoms with Crippen molar-refractivity contribution in [2.24, 2.45) is 0 Å². The van der Waals surface area contributed by atoms with Crippen LogP contribution in [-0.4, -0.2) is 9.97 Å². The van der Waals surface area contributed by atoms with Crippen LogP contribution in [0.3, 0.4) is 0 Å². The molecule has 0 atom stereocenters. The van der Waals surface area contributed by atoms with Gasteiger partial charge >= 0.3 is 0 Å². The third-order valence-corrected chi connectivity index (χ3v) is 3.38. The average molecular weight is 290 g/mol. The molecule has 20 heavy (non-hydrogen) atoms. The molecule has 2 rings (SSSR count). The van der Waals surface area contributed by atoms with E-state index in [-0.39, 0.29) is 5.92 Å². The monoisotopic (exact) mass is 289 g/mol. The number of aromatic nitrogens is 2. The summed E-state index contributed by atoms with van der Waals surface area (Å²) >= 11 is 6.04. The molecule has 2 aromatic rings. The van der Waals surface area contributed by atoms with Crippen molar-refractivity contribution in [3.05, 3.63) is 52.4 Å². The van der Waals surface area contributed by atoms with E-state index >= 15 is 0 Å². The molecule has 3 nitrogen and oxygen atoms in total. The maximum Gasteiger partial charge on any atom is 0.135 e. The Bertz CT molecular complexity index is 582. The molecule has 0 fully saturated rings. The predicted octanol–water partition coefficient (Wildman–Crippen LogP) is 4.43. The number of hydrogen-bond acceptors (Lipinski definition) is 3. The van der Waals surface area contributed by atoms with Crippen molar-refractivity contribution in [1.82, 2.24) is 9.97 Å². The molecule has 0 saturated heterocycles. The molecular formula is C16H20ClN3. The Hall–Kier alpha value is -1.61. The highest BCUT2D eigenvalue weighted by molar-refractivity contribution is 6.29. The van der Waals surface area contributed by atoms with Crippen LogP contribution in [0.4, 0.5) is 5.82 Å². The van der Waals surface area contributed by atoms with Gasteiger partial charge in [-0.25, -0.2) is 9.97 Å². The zero-order valence-electron chi connectivity index (χ0n) is 12.2. The molecular weight excluding hydrogens is 270 g/mol. The summed E-state index contributed by atoms with van der Waals surface area (Å²) in [4.78, 5) is 8.73. The van der Waals surface area contributed by atoms with Gasteiger partial charge in [0.25, 0.3) is 0 Å². The van der Waals surface area contributed by atoms with Crippen molar-refractivity contribution in [2.75, 3.05) is 5.32 Å². The van der Waals surface area contributed by atoms with Gasteiger partial charge in [-0.05, 0) is 17.5 Å². The van der Waals surface area contributed by atoms with Gasteiger partial charge in [-0.1, -0.05) is 56.6 Å². The van der Waals surface area contributed by atoms with Gasteiger partial charge in [0.2, 0.25) is 0 Å². The van der Waals surface area contributed by atoms with E-state index in [0.717, 1.165) is 24.6 Å². The van der Waals surface area contributed by atoms with Gasteiger partial charge in [-0.2, -0.15) is 0 Å². The molecule has 1 aromatic heterocycles. The second-order valence-electron chi connectivity index (χ2n) is 5.06. The maximum absolute atomic E-state index is 6.04. The lowest BCUT2D eigenvalue weighted by Gasteiger charge is -2.11. The largest absolute Gasteiger partial charge is 0.366 e. The van der Waals surface area contributed by atoms with Gasteiger partial charge in [0.05, 0.1) is 0 Å². The third kappa shape index (κ3) is 3.70. The van der Waals surface area contributed by atoms with E-state index in [1.807, 2.05) is 0 Å². The molecule has 0 aliphatic rings.